The van der Waals surface area contributed by atoms with Gasteiger partial charge in [-0.3, -0.25) is 0 Å². The second-order valence-electron chi connectivity index (χ2n) is 5.74. The lowest BCUT2D eigenvalue weighted by molar-refractivity contribution is 0.294. The number of methoxy groups -OCH3 is 1. The van der Waals surface area contributed by atoms with Crippen LogP contribution in [0.5, 0.6) is 11.5 Å². The minimum atomic E-state index is 0.659. The summed E-state index contributed by atoms with van der Waals surface area (Å²) >= 11 is 1.59. The normalized spacial score (nSPS) is 11.0. The molecule has 0 aliphatic carbocycles. The molecule has 7 heteroatoms. The van der Waals surface area contributed by atoms with Gasteiger partial charge in [-0.1, -0.05) is 49.0 Å². The maximum Gasteiger partial charge on any atom is 0.212 e. The Hall–Kier alpha value is -2.80. The summed E-state index contributed by atoms with van der Waals surface area (Å²) in [5.41, 5.74) is 2.14. The first-order valence-corrected chi connectivity index (χ1v) is 9.70. The number of hydrogen-bond donors (Lipinski definition) is 0. The van der Waals surface area contributed by atoms with Gasteiger partial charge in [0.15, 0.2) is 11.5 Å². The third-order valence-corrected chi connectivity index (χ3v) is 4.70. The fourth-order valence-corrected chi connectivity index (χ4v) is 3.16. The molecular weight excluding hydrogens is 360 g/mol. The van der Waals surface area contributed by atoms with Crippen LogP contribution in [0.3, 0.4) is 0 Å². The molecular formula is C20H22N4O2S. The van der Waals surface area contributed by atoms with E-state index in [1.54, 1.807) is 36.1 Å². The van der Waals surface area contributed by atoms with Gasteiger partial charge in [-0.15, -0.1) is 10.2 Å². The topological polar surface area (TPSA) is 61.5 Å². The Balaban J connectivity index is 1.68. The smallest absolute Gasteiger partial charge is 0.212 e. The number of hydrogen-bond acceptors (Lipinski definition) is 6. The van der Waals surface area contributed by atoms with E-state index in [4.69, 9.17) is 9.47 Å². The molecule has 1 aromatic heterocycles. The van der Waals surface area contributed by atoms with Gasteiger partial charge in [-0.05, 0) is 35.7 Å². The number of benzene rings is 2. The van der Waals surface area contributed by atoms with Gasteiger partial charge in [0.05, 0.1) is 19.9 Å². The molecule has 0 saturated carbocycles. The minimum Gasteiger partial charge on any atom is -0.493 e. The predicted molar refractivity (Wildman–Crippen MR) is 108 cm³/mol. The molecule has 0 atom stereocenters. The van der Waals surface area contributed by atoms with E-state index in [1.165, 1.54) is 5.56 Å². The first-order chi connectivity index (χ1) is 13.3. The van der Waals surface area contributed by atoms with Gasteiger partial charge < -0.3 is 9.47 Å². The van der Waals surface area contributed by atoms with Crippen LogP contribution in [-0.4, -0.2) is 34.8 Å². The fraction of sp³-hybridized carbons (Fsp3) is 0.250. The van der Waals surface area contributed by atoms with Crippen LogP contribution >= 0.6 is 11.8 Å². The molecule has 0 aliphatic rings. The molecule has 0 saturated heterocycles. The molecule has 140 valence electrons. The van der Waals surface area contributed by atoms with Crippen LogP contribution in [0.25, 0.3) is 0 Å². The lowest BCUT2D eigenvalue weighted by atomic mass is 10.2. The molecule has 27 heavy (non-hydrogen) atoms. The van der Waals surface area contributed by atoms with E-state index < -0.39 is 0 Å². The van der Waals surface area contributed by atoms with Crippen LogP contribution in [0, 0.1) is 0 Å². The van der Waals surface area contributed by atoms with Crippen LogP contribution in [0.4, 0.5) is 0 Å². The summed E-state index contributed by atoms with van der Waals surface area (Å²) in [5, 5.41) is 13.3. The lowest BCUT2D eigenvalue weighted by Crippen LogP contribution is -1.99. The van der Waals surface area contributed by atoms with Crippen molar-refractivity contribution in [3.8, 4) is 11.5 Å². The van der Waals surface area contributed by atoms with Gasteiger partial charge in [-0.2, -0.15) is 9.78 Å². The summed E-state index contributed by atoms with van der Waals surface area (Å²) < 4.78 is 12.8. The molecule has 6 nitrogen and oxygen atoms in total. The van der Waals surface area contributed by atoms with E-state index in [2.05, 4.69) is 34.4 Å². The van der Waals surface area contributed by atoms with Gasteiger partial charge in [0.2, 0.25) is 5.16 Å². The van der Waals surface area contributed by atoms with Gasteiger partial charge in [0.25, 0.3) is 0 Å². The van der Waals surface area contributed by atoms with Crippen LogP contribution in [0.15, 0.2) is 65.1 Å². The number of nitrogens with zero attached hydrogens (tertiary/aromatic N) is 4. The molecule has 1 heterocycles. The van der Waals surface area contributed by atoms with Crippen molar-refractivity contribution >= 4 is 18.0 Å². The Morgan fingerprint density at radius 2 is 2.00 bits per heavy atom. The molecule has 0 N–H and O–H groups in total. The van der Waals surface area contributed by atoms with Crippen molar-refractivity contribution in [2.45, 2.75) is 24.3 Å². The molecule has 0 radical (unpaired) electrons. The lowest BCUT2D eigenvalue weighted by Gasteiger charge is -2.10. The predicted octanol–water partition coefficient (Wildman–Crippen LogP) is 4.25. The second-order valence-corrected chi connectivity index (χ2v) is 6.68. The van der Waals surface area contributed by atoms with Crippen LogP contribution in [0.1, 0.15) is 24.5 Å². The molecule has 0 unspecified atom stereocenters. The maximum atomic E-state index is 5.68. The molecule has 0 fully saturated rings. The number of aromatic nitrogens is 3. The van der Waals surface area contributed by atoms with E-state index in [-0.39, 0.29) is 0 Å². The van der Waals surface area contributed by atoms with E-state index in [0.717, 1.165) is 28.6 Å². The van der Waals surface area contributed by atoms with Crippen molar-refractivity contribution in [1.29, 1.82) is 0 Å². The van der Waals surface area contributed by atoms with Crippen LogP contribution < -0.4 is 9.47 Å². The highest BCUT2D eigenvalue weighted by atomic mass is 32.2. The Kier molecular flexibility index (Phi) is 6.87. The minimum absolute atomic E-state index is 0.659. The molecule has 0 spiro atoms. The third-order valence-electron chi connectivity index (χ3n) is 3.69. The Morgan fingerprint density at radius 3 is 2.78 bits per heavy atom. The van der Waals surface area contributed by atoms with Crippen molar-refractivity contribution in [1.82, 2.24) is 14.9 Å². The van der Waals surface area contributed by atoms with Crippen molar-refractivity contribution < 1.29 is 9.47 Å². The molecule has 3 aromatic rings. The maximum absolute atomic E-state index is 5.68. The van der Waals surface area contributed by atoms with Crippen LogP contribution in [-0.2, 0) is 5.75 Å². The summed E-state index contributed by atoms with van der Waals surface area (Å²) in [6, 6.07) is 16.0. The number of ether oxygens (including phenoxy) is 2. The van der Waals surface area contributed by atoms with Gasteiger partial charge in [0.1, 0.15) is 6.33 Å². The highest BCUT2D eigenvalue weighted by Crippen LogP contribution is 2.27. The monoisotopic (exact) mass is 382 g/mol. The summed E-state index contributed by atoms with van der Waals surface area (Å²) in [7, 11) is 1.63. The summed E-state index contributed by atoms with van der Waals surface area (Å²) in [6.07, 6.45) is 4.30. The first kappa shape index (κ1) is 19.0. The van der Waals surface area contributed by atoms with Crippen LogP contribution in [0.2, 0.25) is 0 Å². The number of thioether (sulfide) groups is 1. The standard InChI is InChI=1S/C20H22N4O2S/c1-3-11-26-18-10-9-17(12-19(18)25-2)13-22-24-15-21-23-20(24)27-14-16-7-5-4-6-8-16/h4-10,12-13,15H,3,11,14H2,1-2H3. The summed E-state index contributed by atoms with van der Waals surface area (Å²) in [4.78, 5) is 0. The molecule has 2 aromatic carbocycles. The average Bonchev–Trinajstić information content (AvgIpc) is 3.17. The Labute approximate surface area is 163 Å². The fourth-order valence-electron chi connectivity index (χ4n) is 2.34. The quantitative estimate of drug-likeness (QED) is 0.409. The summed E-state index contributed by atoms with van der Waals surface area (Å²) in [6.45, 7) is 2.73. The first-order valence-electron chi connectivity index (χ1n) is 8.72. The molecule has 0 amide bonds. The van der Waals surface area contributed by atoms with E-state index in [9.17, 15) is 0 Å². The zero-order valence-electron chi connectivity index (χ0n) is 15.4. The molecule has 0 bridgehead atoms. The van der Waals surface area contributed by atoms with Crippen molar-refractivity contribution in [2.24, 2.45) is 5.10 Å². The highest BCUT2D eigenvalue weighted by molar-refractivity contribution is 7.98. The zero-order chi connectivity index (χ0) is 18.9. The molecule has 3 rings (SSSR count). The van der Waals surface area contributed by atoms with Crippen molar-refractivity contribution in [2.75, 3.05) is 13.7 Å². The Morgan fingerprint density at radius 1 is 1.15 bits per heavy atom. The molecule has 0 aliphatic heterocycles. The van der Waals surface area contributed by atoms with Gasteiger partial charge in [-0.25, -0.2) is 0 Å². The van der Waals surface area contributed by atoms with Crippen molar-refractivity contribution in [3.63, 3.8) is 0 Å². The highest BCUT2D eigenvalue weighted by Gasteiger charge is 2.06. The van der Waals surface area contributed by atoms with Gasteiger partial charge >= 0.3 is 0 Å². The average molecular weight is 382 g/mol. The third kappa shape index (κ3) is 5.34. The Bertz CT molecular complexity index is 881. The largest absolute Gasteiger partial charge is 0.493 e. The summed E-state index contributed by atoms with van der Waals surface area (Å²) in [5.74, 6) is 2.24. The van der Waals surface area contributed by atoms with Crippen molar-refractivity contribution in [3.05, 3.63) is 66.0 Å². The van der Waals surface area contributed by atoms with Gasteiger partial charge in [0, 0.05) is 5.75 Å². The van der Waals surface area contributed by atoms with E-state index >= 15 is 0 Å². The SMILES string of the molecule is CCCOc1ccc(C=Nn2cnnc2SCc2ccccc2)cc1OC. The number of rotatable bonds is 9. The zero-order valence-corrected chi connectivity index (χ0v) is 16.2. The van der Waals surface area contributed by atoms with E-state index in [1.807, 2.05) is 36.4 Å². The second kappa shape index (κ2) is 9.78. The van der Waals surface area contributed by atoms with E-state index in [0.29, 0.717) is 12.4 Å².